The number of anilines is 1. The molecule has 160 valence electrons. The molecule has 8 heteroatoms. The number of carbonyl (C=O) groups is 1. The van der Waals surface area contributed by atoms with Gasteiger partial charge in [-0.15, -0.1) is 0 Å². The average molecular weight is 456 g/mol. The summed E-state index contributed by atoms with van der Waals surface area (Å²) in [6.07, 6.45) is 4.21. The summed E-state index contributed by atoms with van der Waals surface area (Å²) in [5.74, 6) is -0.0274. The molecule has 0 bridgehead atoms. The largest absolute Gasteiger partial charge is 0.349 e. The van der Waals surface area contributed by atoms with E-state index in [-0.39, 0.29) is 5.57 Å². The lowest BCUT2D eigenvalue weighted by molar-refractivity contribution is -0.112. The van der Waals surface area contributed by atoms with Gasteiger partial charge in [-0.05, 0) is 55.7 Å². The van der Waals surface area contributed by atoms with Gasteiger partial charge in [0.05, 0.1) is 12.7 Å². The third-order valence-electron chi connectivity index (χ3n) is 5.02. The molecule has 1 amide bonds. The van der Waals surface area contributed by atoms with E-state index in [1.807, 2.05) is 32.0 Å². The van der Waals surface area contributed by atoms with Crippen LogP contribution in [0.2, 0.25) is 10.0 Å². The van der Waals surface area contributed by atoms with Crippen molar-refractivity contribution in [1.82, 2.24) is 14.3 Å². The normalized spacial score (nSPS) is 11.4. The lowest BCUT2D eigenvalue weighted by atomic mass is 10.1. The zero-order chi connectivity index (χ0) is 22.5. The maximum Gasteiger partial charge on any atom is 0.267 e. The summed E-state index contributed by atoms with van der Waals surface area (Å²) in [6, 6.07) is 10.9. The summed E-state index contributed by atoms with van der Waals surface area (Å²) in [6.45, 7) is 7.37. The Morgan fingerprint density at radius 2 is 2.03 bits per heavy atom. The van der Waals surface area contributed by atoms with Crippen molar-refractivity contribution in [2.24, 2.45) is 0 Å². The first-order valence-electron chi connectivity index (χ1n) is 9.89. The van der Waals surface area contributed by atoms with Gasteiger partial charge in [0.25, 0.3) is 5.91 Å². The fourth-order valence-electron chi connectivity index (χ4n) is 3.41. The van der Waals surface area contributed by atoms with Gasteiger partial charge in [-0.3, -0.25) is 4.79 Å². The van der Waals surface area contributed by atoms with E-state index in [1.165, 1.54) is 0 Å². The van der Waals surface area contributed by atoms with Crippen molar-refractivity contribution in [3.05, 3.63) is 74.7 Å². The van der Waals surface area contributed by atoms with Gasteiger partial charge in [-0.1, -0.05) is 36.2 Å². The van der Waals surface area contributed by atoms with Crippen LogP contribution >= 0.6 is 23.2 Å². The van der Waals surface area contributed by atoms with Gasteiger partial charge in [0.15, 0.2) is 0 Å². The second-order valence-electron chi connectivity index (χ2n) is 7.21. The van der Waals surface area contributed by atoms with E-state index in [9.17, 15) is 10.1 Å². The van der Waals surface area contributed by atoms with Crippen molar-refractivity contribution in [2.75, 3.05) is 5.32 Å². The molecule has 31 heavy (non-hydrogen) atoms. The Labute approximate surface area is 191 Å². The Balaban J connectivity index is 1.81. The first-order valence-corrected chi connectivity index (χ1v) is 10.6. The number of hydrogen-bond acceptors (Lipinski definition) is 3. The number of halogens is 2. The molecule has 2 aromatic heterocycles. The Bertz CT molecular complexity index is 1180. The molecule has 6 nitrogen and oxygen atoms in total. The van der Waals surface area contributed by atoms with Crippen molar-refractivity contribution >= 4 is 41.0 Å². The smallest absolute Gasteiger partial charge is 0.267 e. The molecular formula is C23H23Cl2N5O. The van der Waals surface area contributed by atoms with Crippen molar-refractivity contribution in [1.29, 1.82) is 5.26 Å². The molecule has 1 aromatic carbocycles. The Kier molecular flexibility index (Phi) is 7.21. The van der Waals surface area contributed by atoms with Gasteiger partial charge >= 0.3 is 0 Å². The topological polar surface area (TPSA) is 75.6 Å². The summed E-state index contributed by atoms with van der Waals surface area (Å²) in [4.78, 5) is 12.8. The Morgan fingerprint density at radius 1 is 1.26 bits per heavy atom. The van der Waals surface area contributed by atoms with Crippen LogP contribution in [-0.2, 0) is 17.9 Å². The van der Waals surface area contributed by atoms with Crippen LogP contribution in [0.4, 0.5) is 5.82 Å². The number of carbonyl (C=O) groups excluding carboxylic acids is 1. The highest BCUT2D eigenvalue weighted by atomic mass is 35.5. The van der Waals surface area contributed by atoms with Crippen LogP contribution < -0.4 is 5.32 Å². The number of hydrogen-bond donors (Lipinski definition) is 1. The minimum absolute atomic E-state index is 0.0222. The second kappa shape index (κ2) is 9.86. The molecule has 0 unspecified atom stereocenters. The molecule has 0 saturated carbocycles. The molecule has 2 heterocycles. The van der Waals surface area contributed by atoms with Crippen LogP contribution in [0.1, 0.15) is 35.9 Å². The van der Waals surface area contributed by atoms with E-state index in [4.69, 9.17) is 23.2 Å². The summed E-state index contributed by atoms with van der Waals surface area (Å²) in [5, 5.41) is 17.7. The second-order valence-corrected chi connectivity index (χ2v) is 8.06. The zero-order valence-corrected chi connectivity index (χ0v) is 19.1. The SMILES string of the molecule is CCCn1c(C)cc(/C=C(\C#N)C(=O)Nc2ccnn2Cc2ccc(Cl)cc2Cl)c1C. The number of benzene rings is 1. The molecule has 3 aromatic rings. The molecule has 3 rings (SSSR count). The molecule has 0 atom stereocenters. The van der Waals surface area contributed by atoms with Crippen LogP contribution in [0.15, 0.2) is 42.1 Å². The highest BCUT2D eigenvalue weighted by Gasteiger charge is 2.15. The Hall–Kier alpha value is -3.01. The highest BCUT2D eigenvalue weighted by Crippen LogP contribution is 2.23. The third-order valence-corrected chi connectivity index (χ3v) is 5.61. The molecule has 0 aliphatic carbocycles. The summed E-state index contributed by atoms with van der Waals surface area (Å²) >= 11 is 12.2. The molecule has 0 spiro atoms. The number of amides is 1. The Morgan fingerprint density at radius 3 is 2.71 bits per heavy atom. The van der Waals surface area contributed by atoms with Crippen molar-refractivity contribution in [3.8, 4) is 6.07 Å². The van der Waals surface area contributed by atoms with E-state index in [1.54, 1.807) is 35.2 Å². The summed E-state index contributed by atoms with van der Waals surface area (Å²) < 4.78 is 3.79. The van der Waals surface area contributed by atoms with Crippen molar-refractivity contribution < 1.29 is 4.79 Å². The van der Waals surface area contributed by atoms with E-state index in [2.05, 4.69) is 21.9 Å². The number of nitrogens with zero attached hydrogens (tertiary/aromatic N) is 4. The number of nitrogens with one attached hydrogen (secondary N) is 1. The van der Waals surface area contributed by atoms with E-state index in [0.717, 1.165) is 35.5 Å². The van der Waals surface area contributed by atoms with Crippen LogP contribution in [0.3, 0.4) is 0 Å². The van der Waals surface area contributed by atoms with Crippen LogP contribution in [0.5, 0.6) is 0 Å². The minimum Gasteiger partial charge on any atom is -0.349 e. The molecule has 0 radical (unpaired) electrons. The molecular weight excluding hydrogens is 433 g/mol. The fraction of sp³-hybridized carbons (Fsp3) is 0.261. The van der Waals surface area contributed by atoms with E-state index in [0.29, 0.717) is 22.4 Å². The molecule has 0 fully saturated rings. The maximum absolute atomic E-state index is 12.8. The number of aromatic nitrogens is 3. The highest BCUT2D eigenvalue weighted by molar-refractivity contribution is 6.35. The fourth-order valence-corrected chi connectivity index (χ4v) is 3.87. The average Bonchev–Trinajstić information content (AvgIpc) is 3.27. The third kappa shape index (κ3) is 5.19. The van der Waals surface area contributed by atoms with Gasteiger partial charge < -0.3 is 9.88 Å². The van der Waals surface area contributed by atoms with Gasteiger partial charge in [0.2, 0.25) is 0 Å². The van der Waals surface area contributed by atoms with Crippen LogP contribution in [-0.4, -0.2) is 20.3 Å². The van der Waals surface area contributed by atoms with Crippen molar-refractivity contribution in [2.45, 2.75) is 40.3 Å². The van der Waals surface area contributed by atoms with Crippen molar-refractivity contribution in [3.63, 3.8) is 0 Å². The lowest BCUT2D eigenvalue weighted by Gasteiger charge is -2.10. The van der Waals surface area contributed by atoms with Gasteiger partial charge in [0, 0.05) is 34.0 Å². The summed E-state index contributed by atoms with van der Waals surface area (Å²) in [7, 11) is 0. The lowest BCUT2D eigenvalue weighted by Crippen LogP contribution is -2.17. The van der Waals surface area contributed by atoms with E-state index >= 15 is 0 Å². The quantitative estimate of drug-likeness (QED) is 0.371. The zero-order valence-electron chi connectivity index (χ0n) is 17.6. The number of rotatable bonds is 7. The minimum atomic E-state index is -0.494. The van der Waals surface area contributed by atoms with Crippen LogP contribution in [0, 0.1) is 25.2 Å². The maximum atomic E-state index is 12.8. The molecule has 1 N–H and O–H groups in total. The first-order chi connectivity index (χ1) is 14.8. The first kappa shape index (κ1) is 22.7. The van der Waals surface area contributed by atoms with Gasteiger partial charge in [-0.2, -0.15) is 10.4 Å². The van der Waals surface area contributed by atoms with Crippen LogP contribution in [0.25, 0.3) is 6.08 Å². The molecule has 0 aliphatic heterocycles. The summed E-state index contributed by atoms with van der Waals surface area (Å²) in [5.41, 5.74) is 3.82. The predicted octanol–water partition coefficient (Wildman–Crippen LogP) is 5.61. The van der Waals surface area contributed by atoms with E-state index < -0.39 is 5.91 Å². The predicted molar refractivity (Wildman–Crippen MR) is 124 cm³/mol. The molecule has 0 saturated heterocycles. The standard InChI is InChI=1S/C23H23Cl2N5O/c1-4-9-29-15(2)10-18(16(29)3)11-19(13-26)23(31)28-22-7-8-27-30(22)14-17-5-6-20(24)12-21(17)25/h5-8,10-12H,4,9,14H2,1-3H3,(H,28,31)/b19-11+. The molecule has 0 aliphatic rings. The van der Waals surface area contributed by atoms with Gasteiger partial charge in [0.1, 0.15) is 17.5 Å². The number of aryl methyl sites for hydroxylation is 1. The van der Waals surface area contributed by atoms with Gasteiger partial charge in [-0.25, -0.2) is 4.68 Å². The number of nitriles is 1. The monoisotopic (exact) mass is 455 g/mol.